The van der Waals surface area contributed by atoms with Gasteiger partial charge >= 0.3 is 12.1 Å². The number of anilines is 1. The fraction of sp³-hybridized carbons (Fsp3) is 0.485. The van der Waals surface area contributed by atoms with Crippen LogP contribution in [0.5, 0.6) is 0 Å². The number of carbonyl (C=O) groups excluding carboxylic acids is 2. The van der Waals surface area contributed by atoms with Gasteiger partial charge in [-0.25, -0.2) is 14.6 Å². The van der Waals surface area contributed by atoms with Crippen molar-refractivity contribution in [2.75, 3.05) is 5.32 Å². The summed E-state index contributed by atoms with van der Waals surface area (Å²) in [7, 11) is 0. The number of fused-ring (bicyclic) bond motifs is 3. The highest BCUT2D eigenvalue weighted by atomic mass is 32.2. The first-order valence-electron chi connectivity index (χ1n) is 15.2. The van der Waals surface area contributed by atoms with Gasteiger partial charge in [0.25, 0.3) is 0 Å². The third-order valence-electron chi connectivity index (χ3n) is 8.25. The zero-order valence-corrected chi connectivity index (χ0v) is 27.8. The summed E-state index contributed by atoms with van der Waals surface area (Å²) in [6.07, 6.45) is 6.77. The summed E-state index contributed by atoms with van der Waals surface area (Å²) in [5.41, 5.74) is 1.56. The largest absolute Gasteiger partial charge is 0.593 e. The number of urea groups is 1. The van der Waals surface area contributed by atoms with Crippen molar-refractivity contribution in [3.8, 4) is 10.4 Å². The number of ether oxygens (including phenoxy) is 1. The number of benzene rings is 2. The molecule has 236 valence electrons. The van der Waals surface area contributed by atoms with Gasteiger partial charge in [0.1, 0.15) is 5.60 Å². The molecule has 3 amide bonds. The number of nitrogens with one attached hydrogen (secondary N) is 4. The van der Waals surface area contributed by atoms with Gasteiger partial charge < -0.3 is 25.2 Å². The highest BCUT2D eigenvalue weighted by molar-refractivity contribution is 7.89. The summed E-state index contributed by atoms with van der Waals surface area (Å²) in [4.78, 5) is 31.5. The van der Waals surface area contributed by atoms with Crippen LogP contribution in [0, 0.1) is 0 Å². The Labute approximate surface area is 267 Å². The quantitative estimate of drug-likeness (QED) is 0.187. The molecule has 1 aromatic heterocycles. The first kappa shape index (κ1) is 32.3. The Bertz CT molecular complexity index is 1450. The van der Waals surface area contributed by atoms with E-state index in [4.69, 9.17) is 9.72 Å². The van der Waals surface area contributed by atoms with E-state index in [9.17, 15) is 14.1 Å². The predicted molar refractivity (Wildman–Crippen MR) is 176 cm³/mol. The number of amides is 3. The van der Waals surface area contributed by atoms with Gasteiger partial charge in [-0.1, -0.05) is 30.3 Å². The minimum absolute atomic E-state index is 0.0378. The van der Waals surface area contributed by atoms with E-state index in [1.807, 2.05) is 83.3 Å². The fourth-order valence-corrected chi connectivity index (χ4v) is 8.55. The van der Waals surface area contributed by atoms with E-state index in [0.29, 0.717) is 17.1 Å². The van der Waals surface area contributed by atoms with Crippen LogP contribution in [-0.4, -0.2) is 38.8 Å². The van der Waals surface area contributed by atoms with Crippen LogP contribution in [0.25, 0.3) is 10.4 Å². The van der Waals surface area contributed by atoms with Gasteiger partial charge in [0.2, 0.25) is 0 Å². The van der Waals surface area contributed by atoms with Crippen LogP contribution in [0.3, 0.4) is 0 Å². The van der Waals surface area contributed by atoms with E-state index in [-0.39, 0.29) is 34.7 Å². The molecule has 1 heterocycles. The summed E-state index contributed by atoms with van der Waals surface area (Å²) in [5, 5.41) is 9.70. The van der Waals surface area contributed by atoms with E-state index in [1.165, 1.54) is 0 Å². The first-order chi connectivity index (χ1) is 20.9. The number of hydrogen-bond acceptors (Lipinski definition) is 7. The highest BCUT2D eigenvalue weighted by Gasteiger charge is 2.53. The van der Waals surface area contributed by atoms with Gasteiger partial charge in [0.15, 0.2) is 4.90 Å². The molecule has 3 aromatic rings. The molecule has 6 rings (SSSR count). The Morgan fingerprint density at radius 1 is 1.05 bits per heavy atom. The molecule has 1 unspecified atom stereocenters. The Morgan fingerprint density at radius 2 is 1.73 bits per heavy atom. The Morgan fingerprint density at radius 3 is 2.36 bits per heavy atom. The third kappa shape index (κ3) is 7.74. The molecule has 11 heteroatoms. The normalized spacial score (nSPS) is 22.0. The molecule has 1 atom stereocenters. The van der Waals surface area contributed by atoms with Gasteiger partial charge in [0.05, 0.1) is 32.3 Å². The molecule has 0 aliphatic heterocycles. The van der Waals surface area contributed by atoms with E-state index in [0.717, 1.165) is 59.5 Å². The van der Waals surface area contributed by atoms with Crippen LogP contribution >= 0.6 is 11.3 Å². The number of hydrogen-bond donors (Lipinski definition) is 4. The number of aromatic nitrogens is 1. The second kappa shape index (κ2) is 13.1. The van der Waals surface area contributed by atoms with E-state index in [1.54, 1.807) is 17.4 Å². The SMILES string of the molecule is CC(C)NC(=O)OC12CCC(c3ncc(-c4ccc(NC(=O)NCc5ccccc5)cc4[S+]([O-])NC(C)(C)C)s3)(CC1)CC2. The van der Waals surface area contributed by atoms with Crippen LogP contribution in [0.2, 0.25) is 0 Å². The number of alkyl carbamates (subject to hydrolysis) is 1. The minimum atomic E-state index is -1.54. The average molecular weight is 638 g/mol. The molecule has 0 spiro atoms. The lowest BCUT2D eigenvalue weighted by Crippen LogP contribution is -2.52. The van der Waals surface area contributed by atoms with Crippen LogP contribution in [0.15, 0.2) is 59.6 Å². The number of thiazole rings is 1. The van der Waals surface area contributed by atoms with Gasteiger partial charge in [-0.3, -0.25) is 0 Å². The molecular weight excluding hydrogens is 595 g/mol. The summed E-state index contributed by atoms with van der Waals surface area (Å²) in [6, 6.07) is 14.9. The maximum absolute atomic E-state index is 13.6. The maximum Gasteiger partial charge on any atom is 0.407 e. The van der Waals surface area contributed by atoms with Crippen LogP contribution < -0.4 is 20.7 Å². The van der Waals surface area contributed by atoms with Crippen LogP contribution in [-0.2, 0) is 28.1 Å². The third-order valence-corrected chi connectivity index (χ3v) is 11.1. The standard InChI is InChI=1S/C33H43N5O4S2/c1-22(2)36-30(40)42-33-16-13-32(14-17-33,15-18-33)28-34-21-26(43-28)25-12-11-24(19-27(25)44(41)38-31(3,4)5)37-29(39)35-20-23-9-7-6-8-10-23/h6-12,19,21-22,38H,13-18,20H2,1-5H3,(H,36,40)(H2,35,37,39). The number of nitrogens with zero attached hydrogens (tertiary/aromatic N) is 1. The summed E-state index contributed by atoms with van der Waals surface area (Å²) >= 11 is 0.107. The minimum Gasteiger partial charge on any atom is -0.593 e. The van der Waals surface area contributed by atoms with Crippen molar-refractivity contribution in [2.45, 2.75) is 107 Å². The molecule has 3 aliphatic rings. The molecule has 0 saturated heterocycles. The topological polar surface area (TPSA) is 127 Å². The Balaban J connectivity index is 1.33. The summed E-state index contributed by atoms with van der Waals surface area (Å²) in [5.74, 6) is 0. The predicted octanol–water partition coefficient (Wildman–Crippen LogP) is 7.02. The van der Waals surface area contributed by atoms with Crippen molar-refractivity contribution in [2.24, 2.45) is 0 Å². The lowest BCUT2D eigenvalue weighted by molar-refractivity contribution is -0.0750. The Kier molecular flexibility index (Phi) is 9.60. The Hall–Kier alpha value is -3.12. The molecule has 2 aromatic carbocycles. The maximum atomic E-state index is 13.6. The van der Waals surface area contributed by atoms with Gasteiger partial charge in [-0.15, -0.1) is 16.1 Å². The number of carbonyl (C=O) groups is 2. The lowest BCUT2D eigenvalue weighted by Gasteiger charge is -2.51. The zero-order chi connectivity index (χ0) is 31.5. The molecule has 3 saturated carbocycles. The summed E-state index contributed by atoms with van der Waals surface area (Å²) in [6.45, 7) is 10.2. The van der Waals surface area contributed by atoms with Crippen molar-refractivity contribution in [3.05, 3.63) is 65.3 Å². The highest BCUT2D eigenvalue weighted by Crippen LogP contribution is 2.56. The molecule has 0 radical (unpaired) electrons. The fourth-order valence-electron chi connectivity index (χ4n) is 5.97. The van der Waals surface area contributed by atoms with Crippen LogP contribution in [0.1, 0.15) is 83.7 Å². The van der Waals surface area contributed by atoms with Crippen molar-refractivity contribution >= 4 is 40.5 Å². The van der Waals surface area contributed by atoms with E-state index >= 15 is 0 Å². The number of rotatable bonds is 9. The zero-order valence-electron chi connectivity index (χ0n) is 26.1. The monoisotopic (exact) mass is 637 g/mol. The van der Waals surface area contributed by atoms with E-state index < -0.39 is 11.4 Å². The molecule has 4 N–H and O–H groups in total. The molecule has 3 aliphatic carbocycles. The van der Waals surface area contributed by atoms with Gasteiger partial charge in [-0.05, 0) is 90.8 Å². The van der Waals surface area contributed by atoms with Crippen molar-refractivity contribution < 1.29 is 18.9 Å². The average Bonchev–Trinajstić information content (AvgIpc) is 3.47. The van der Waals surface area contributed by atoms with Crippen LogP contribution in [0.4, 0.5) is 15.3 Å². The molecule has 3 fully saturated rings. The van der Waals surface area contributed by atoms with Crippen molar-refractivity contribution in [3.63, 3.8) is 0 Å². The van der Waals surface area contributed by atoms with Crippen molar-refractivity contribution in [1.29, 1.82) is 0 Å². The molecule has 9 nitrogen and oxygen atoms in total. The summed E-state index contributed by atoms with van der Waals surface area (Å²) < 4.78 is 22.8. The molecular formula is C33H43N5O4S2. The van der Waals surface area contributed by atoms with Gasteiger partial charge in [-0.2, -0.15) is 0 Å². The lowest BCUT2D eigenvalue weighted by atomic mass is 9.59. The second-order valence-electron chi connectivity index (χ2n) is 13.3. The molecule has 44 heavy (non-hydrogen) atoms. The van der Waals surface area contributed by atoms with E-state index in [2.05, 4.69) is 20.7 Å². The molecule has 2 bridgehead atoms. The first-order valence-corrected chi connectivity index (χ1v) is 17.2. The van der Waals surface area contributed by atoms with Crippen molar-refractivity contribution in [1.82, 2.24) is 20.3 Å². The second-order valence-corrected chi connectivity index (χ2v) is 15.5. The smallest absolute Gasteiger partial charge is 0.407 e. The van der Waals surface area contributed by atoms with Gasteiger partial charge in [0, 0.05) is 36.0 Å².